The van der Waals surface area contributed by atoms with Crippen LogP contribution in [0, 0.1) is 5.82 Å². The Hall–Kier alpha value is -2.45. The van der Waals surface area contributed by atoms with Crippen molar-refractivity contribution in [1.29, 1.82) is 0 Å². The first kappa shape index (κ1) is 20.3. The summed E-state index contributed by atoms with van der Waals surface area (Å²) in [5.41, 5.74) is 2.46. The van der Waals surface area contributed by atoms with Crippen LogP contribution >= 0.6 is 23.1 Å². The minimum absolute atomic E-state index is 0.362. The lowest BCUT2D eigenvalue weighted by atomic mass is 10.1. The third-order valence-electron chi connectivity index (χ3n) is 3.89. The van der Waals surface area contributed by atoms with Gasteiger partial charge >= 0.3 is 5.97 Å². The van der Waals surface area contributed by atoms with Gasteiger partial charge in [-0.3, -0.25) is 9.78 Å². The number of ether oxygens (including phenoxy) is 1. The molecule has 0 saturated heterocycles. The van der Waals surface area contributed by atoms with Gasteiger partial charge in [0.1, 0.15) is 16.3 Å². The predicted octanol–water partition coefficient (Wildman–Crippen LogP) is 4.92. The molecule has 0 amide bonds. The van der Waals surface area contributed by atoms with E-state index in [1.807, 2.05) is 29.6 Å². The third-order valence-corrected chi connectivity index (χ3v) is 6.06. The number of carbonyl (C=O) groups is 1. The Balaban J connectivity index is 1.51. The van der Waals surface area contributed by atoms with E-state index in [1.165, 1.54) is 35.4 Å². The Morgan fingerprint density at radius 2 is 2.00 bits per heavy atom. The molecule has 0 aliphatic rings. The summed E-state index contributed by atoms with van der Waals surface area (Å²) in [4.78, 5) is 19.7. The number of aliphatic carboxylic acids is 1. The van der Waals surface area contributed by atoms with E-state index < -0.39 is 10.7 Å². The molecule has 0 unspecified atom stereocenters. The van der Waals surface area contributed by atoms with E-state index in [9.17, 15) is 14.3 Å². The van der Waals surface area contributed by atoms with Crippen LogP contribution in [0.3, 0.4) is 0 Å². The van der Waals surface area contributed by atoms with Gasteiger partial charge in [0, 0.05) is 17.4 Å². The highest BCUT2D eigenvalue weighted by Crippen LogP contribution is 2.34. The van der Waals surface area contributed by atoms with Gasteiger partial charge in [0.05, 0.1) is 24.2 Å². The van der Waals surface area contributed by atoms with E-state index in [1.54, 1.807) is 19.9 Å². The molecule has 1 N–H and O–H groups in total. The molecule has 0 atom stereocenters. The van der Waals surface area contributed by atoms with E-state index in [4.69, 9.17) is 4.74 Å². The second-order valence-electron chi connectivity index (χ2n) is 6.51. The molecule has 0 aliphatic heterocycles. The van der Waals surface area contributed by atoms with Crippen LogP contribution in [0.1, 0.15) is 19.5 Å². The Kier molecular flexibility index (Phi) is 6.31. The molecule has 3 aromatic rings. The average molecular weight is 419 g/mol. The number of nitrogens with zero attached hydrogens (tertiary/aromatic N) is 2. The number of carboxylic acid groups (broad SMARTS) is 1. The van der Waals surface area contributed by atoms with E-state index in [0.29, 0.717) is 18.7 Å². The second kappa shape index (κ2) is 8.70. The van der Waals surface area contributed by atoms with Crippen molar-refractivity contribution in [2.24, 2.45) is 0 Å². The van der Waals surface area contributed by atoms with Crippen LogP contribution in [-0.4, -0.2) is 32.4 Å². The SMILES string of the molecule is CC(C)(Sc1nc(CCOc2ccc(-c3ccc(F)cn3)cc2)cs1)C(=O)O. The fourth-order valence-electron chi connectivity index (χ4n) is 2.25. The van der Waals surface area contributed by atoms with E-state index >= 15 is 0 Å². The predicted molar refractivity (Wildman–Crippen MR) is 109 cm³/mol. The first-order valence-electron chi connectivity index (χ1n) is 8.55. The molecule has 0 radical (unpaired) electrons. The average Bonchev–Trinajstić information content (AvgIpc) is 3.09. The third kappa shape index (κ3) is 5.30. The second-order valence-corrected chi connectivity index (χ2v) is 9.23. The number of aromatic nitrogens is 2. The molecule has 8 heteroatoms. The van der Waals surface area contributed by atoms with Crippen molar-refractivity contribution < 1.29 is 19.0 Å². The van der Waals surface area contributed by atoms with Crippen molar-refractivity contribution >= 4 is 29.1 Å². The number of pyridine rings is 1. The van der Waals surface area contributed by atoms with Crippen molar-refractivity contribution in [3.05, 3.63) is 59.5 Å². The van der Waals surface area contributed by atoms with Gasteiger partial charge in [-0.2, -0.15) is 0 Å². The Morgan fingerprint density at radius 3 is 2.64 bits per heavy atom. The van der Waals surface area contributed by atoms with Crippen molar-refractivity contribution in [2.75, 3.05) is 6.61 Å². The summed E-state index contributed by atoms with van der Waals surface area (Å²) in [5.74, 6) is -0.501. The molecule has 0 fully saturated rings. The number of halogens is 1. The van der Waals surface area contributed by atoms with Crippen LogP contribution in [0.15, 0.2) is 52.3 Å². The monoisotopic (exact) mass is 418 g/mol. The van der Waals surface area contributed by atoms with Crippen LogP contribution in [0.4, 0.5) is 4.39 Å². The fourth-order valence-corrected chi connectivity index (χ4v) is 4.48. The van der Waals surface area contributed by atoms with Crippen LogP contribution in [0.5, 0.6) is 5.75 Å². The van der Waals surface area contributed by atoms with Gasteiger partial charge in [-0.1, -0.05) is 11.8 Å². The number of rotatable bonds is 8. The highest BCUT2D eigenvalue weighted by atomic mass is 32.2. The normalized spacial score (nSPS) is 11.4. The maximum Gasteiger partial charge on any atom is 0.319 e. The summed E-state index contributed by atoms with van der Waals surface area (Å²) in [6.07, 6.45) is 1.82. The highest BCUT2D eigenvalue weighted by molar-refractivity contribution is 8.02. The molecule has 0 spiro atoms. The summed E-state index contributed by atoms with van der Waals surface area (Å²) in [6, 6.07) is 10.5. The Bertz CT molecular complexity index is 941. The van der Waals surface area contributed by atoms with Crippen LogP contribution < -0.4 is 4.74 Å². The van der Waals surface area contributed by atoms with Gasteiger partial charge < -0.3 is 9.84 Å². The zero-order valence-electron chi connectivity index (χ0n) is 15.4. The van der Waals surface area contributed by atoms with E-state index in [-0.39, 0.29) is 5.82 Å². The summed E-state index contributed by atoms with van der Waals surface area (Å²) < 4.78 is 18.5. The minimum Gasteiger partial charge on any atom is -0.493 e. The maximum atomic E-state index is 12.9. The molecular weight excluding hydrogens is 399 g/mol. The van der Waals surface area contributed by atoms with Gasteiger partial charge in [-0.25, -0.2) is 9.37 Å². The smallest absolute Gasteiger partial charge is 0.319 e. The molecule has 5 nitrogen and oxygen atoms in total. The summed E-state index contributed by atoms with van der Waals surface area (Å²) in [5, 5.41) is 11.1. The zero-order valence-corrected chi connectivity index (χ0v) is 17.0. The van der Waals surface area contributed by atoms with Gasteiger partial charge in [0.2, 0.25) is 0 Å². The molecule has 0 aliphatic carbocycles. The largest absolute Gasteiger partial charge is 0.493 e. The lowest BCUT2D eigenvalue weighted by Gasteiger charge is -2.15. The number of thiazole rings is 1. The van der Waals surface area contributed by atoms with Crippen molar-refractivity contribution in [3.63, 3.8) is 0 Å². The number of hydrogen-bond acceptors (Lipinski definition) is 6. The highest BCUT2D eigenvalue weighted by Gasteiger charge is 2.29. The molecule has 28 heavy (non-hydrogen) atoms. The fraction of sp³-hybridized carbons (Fsp3) is 0.250. The van der Waals surface area contributed by atoms with Gasteiger partial charge in [-0.15, -0.1) is 11.3 Å². The number of benzene rings is 1. The lowest BCUT2D eigenvalue weighted by molar-refractivity contribution is -0.138. The molecule has 0 bridgehead atoms. The molecule has 2 aromatic heterocycles. The maximum absolute atomic E-state index is 12.9. The lowest BCUT2D eigenvalue weighted by Crippen LogP contribution is -2.26. The van der Waals surface area contributed by atoms with E-state index in [2.05, 4.69) is 9.97 Å². The van der Waals surface area contributed by atoms with Crippen molar-refractivity contribution in [2.45, 2.75) is 29.4 Å². The number of thioether (sulfide) groups is 1. The first-order chi connectivity index (χ1) is 13.3. The zero-order chi connectivity index (χ0) is 20.1. The molecule has 1 aromatic carbocycles. The molecular formula is C20H19FN2O3S2. The molecule has 2 heterocycles. The van der Waals surface area contributed by atoms with Gasteiger partial charge in [0.25, 0.3) is 0 Å². The molecule has 0 saturated carbocycles. The van der Waals surface area contributed by atoms with Crippen LogP contribution in [0.2, 0.25) is 0 Å². The Labute approximate surface area is 170 Å². The summed E-state index contributed by atoms with van der Waals surface area (Å²) in [6.45, 7) is 3.79. The molecule has 3 rings (SSSR count). The number of hydrogen-bond donors (Lipinski definition) is 1. The Morgan fingerprint density at radius 1 is 1.25 bits per heavy atom. The van der Waals surface area contributed by atoms with Gasteiger partial charge in [-0.05, 0) is 50.2 Å². The van der Waals surface area contributed by atoms with Gasteiger partial charge in [0.15, 0.2) is 4.34 Å². The minimum atomic E-state index is -0.910. The summed E-state index contributed by atoms with van der Waals surface area (Å²) in [7, 11) is 0. The summed E-state index contributed by atoms with van der Waals surface area (Å²) >= 11 is 2.68. The standard InChI is InChI=1S/C20H19FN2O3S2/c1-20(2,18(24)25)28-19-23-15(12-27-19)9-10-26-16-6-3-13(4-7-16)17-8-5-14(21)11-22-17/h3-8,11-12H,9-10H2,1-2H3,(H,24,25). The first-order valence-corrected chi connectivity index (χ1v) is 10.2. The molecule has 146 valence electrons. The van der Waals surface area contributed by atoms with Crippen molar-refractivity contribution in [1.82, 2.24) is 9.97 Å². The van der Waals surface area contributed by atoms with Crippen LogP contribution in [0.25, 0.3) is 11.3 Å². The van der Waals surface area contributed by atoms with E-state index in [0.717, 1.165) is 21.3 Å². The number of carboxylic acids is 1. The van der Waals surface area contributed by atoms with Crippen LogP contribution in [-0.2, 0) is 11.2 Å². The topological polar surface area (TPSA) is 72.3 Å². The quantitative estimate of drug-likeness (QED) is 0.524. The van der Waals surface area contributed by atoms with Crippen molar-refractivity contribution in [3.8, 4) is 17.0 Å².